The molecule has 0 aromatic heterocycles. The SMILES string of the molecule is CC(=O)c1cccc(O[C@H](C)C(=O)Nc2ccccc2[N+](=O)[O-])c1. The molecule has 1 amide bonds. The summed E-state index contributed by atoms with van der Waals surface area (Å²) in [6, 6.07) is 12.3. The van der Waals surface area contributed by atoms with E-state index in [4.69, 9.17) is 4.74 Å². The zero-order valence-electron chi connectivity index (χ0n) is 13.2. The first-order valence-corrected chi connectivity index (χ1v) is 7.20. The van der Waals surface area contributed by atoms with E-state index in [-0.39, 0.29) is 17.2 Å². The number of hydrogen-bond donors (Lipinski definition) is 1. The summed E-state index contributed by atoms with van der Waals surface area (Å²) >= 11 is 0. The Kier molecular flexibility index (Phi) is 5.26. The van der Waals surface area contributed by atoms with Gasteiger partial charge in [0.1, 0.15) is 11.4 Å². The van der Waals surface area contributed by atoms with Gasteiger partial charge < -0.3 is 10.1 Å². The normalized spacial score (nSPS) is 11.4. The second-order valence-corrected chi connectivity index (χ2v) is 5.11. The summed E-state index contributed by atoms with van der Waals surface area (Å²) < 4.78 is 5.51. The lowest BCUT2D eigenvalue weighted by atomic mass is 10.1. The summed E-state index contributed by atoms with van der Waals surface area (Å²) in [6.07, 6.45) is -0.896. The number of carbonyl (C=O) groups is 2. The van der Waals surface area contributed by atoms with Crippen molar-refractivity contribution in [2.24, 2.45) is 0 Å². The van der Waals surface area contributed by atoms with Gasteiger partial charge in [-0.15, -0.1) is 0 Å². The Hall–Kier alpha value is -3.22. The quantitative estimate of drug-likeness (QED) is 0.499. The standard InChI is InChI=1S/C17H16N2O5/c1-11(20)13-6-5-7-14(10-13)24-12(2)17(21)18-15-8-3-4-9-16(15)19(22)23/h3-10,12H,1-2H3,(H,18,21)/t12-/m1/s1. The number of ketones is 1. The van der Waals surface area contributed by atoms with E-state index in [1.807, 2.05) is 0 Å². The number of ether oxygens (including phenoxy) is 1. The van der Waals surface area contributed by atoms with Crippen LogP contribution in [0.25, 0.3) is 0 Å². The highest BCUT2D eigenvalue weighted by molar-refractivity contribution is 5.96. The van der Waals surface area contributed by atoms with Gasteiger partial charge in [-0.1, -0.05) is 24.3 Å². The summed E-state index contributed by atoms with van der Waals surface area (Å²) in [4.78, 5) is 33.9. The van der Waals surface area contributed by atoms with Crippen LogP contribution in [0.4, 0.5) is 11.4 Å². The van der Waals surface area contributed by atoms with Crippen LogP contribution in [0.2, 0.25) is 0 Å². The number of nitro benzene ring substituents is 1. The van der Waals surface area contributed by atoms with Crippen molar-refractivity contribution < 1.29 is 19.2 Å². The number of hydrogen-bond acceptors (Lipinski definition) is 5. The average molecular weight is 328 g/mol. The fraction of sp³-hybridized carbons (Fsp3) is 0.176. The number of amides is 1. The highest BCUT2D eigenvalue weighted by atomic mass is 16.6. The fourth-order valence-corrected chi connectivity index (χ4v) is 2.02. The maximum atomic E-state index is 12.2. The van der Waals surface area contributed by atoms with Crippen LogP contribution in [-0.2, 0) is 4.79 Å². The number of benzene rings is 2. The van der Waals surface area contributed by atoms with Crippen LogP contribution in [0, 0.1) is 10.1 Å². The second-order valence-electron chi connectivity index (χ2n) is 5.11. The van der Waals surface area contributed by atoms with Crippen LogP contribution in [0.3, 0.4) is 0 Å². The number of Topliss-reactive ketones (excluding diaryl/α,β-unsaturated/α-hetero) is 1. The maximum absolute atomic E-state index is 12.2. The molecule has 1 atom stereocenters. The monoisotopic (exact) mass is 328 g/mol. The Morgan fingerprint density at radius 2 is 1.88 bits per heavy atom. The third kappa shape index (κ3) is 4.16. The van der Waals surface area contributed by atoms with E-state index in [2.05, 4.69) is 5.32 Å². The van der Waals surface area contributed by atoms with Crippen LogP contribution in [0.15, 0.2) is 48.5 Å². The molecule has 2 aromatic rings. The van der Waals surface area contributed by atoms with Crippen LogP contribution >= 0.6 is 0 Å². The molecular weight excluding hydrogens is 312 g/mol. The molecule has 24 heavy (non-hydrogen) atoms. The molecule has 0 aliphatic heterocycles. The van der Waals surface area contributed by atoms with Crippen LogP contribution in [0.1, 0.15) is 24.2 Å². The van der Waals surface area contributed by atoms with Crippen LogP contribution in [-0.4, -0.2) is 22.7 Å². The summed E-state index contributed by atoms with van der Waals surface area (Å²) in [7, 11) is 0. The number of nitro groups is 1. The topological polar surface area (TPSA) is 98.5 Å². The molecule has 0 fully saturated rings. The van der Waals surface area contributed by atoms with Gasteiger partial charge >= 0.3 is 0 Å². The Labute approximate surface area is 138 Å². The first-order valence-electron chi connectivity index (χ1n) is 7.20. The third-order valence-corrected chi connectivity index (χ3v) is 3.28. The zero-order valence-corrected chi connectivity index (χ0v) is 13.2. The number of carbonyl (C=O) groups excluding carboxylic acids is 2. The molecule has 0 aliphatic carbocycles. The summed E-state index contributed by atoms with van der Waals surface area (Å²) in [5, 5.41) is 13.4. The Morgan fingerprint density at radius 3 is 2.54 bits per heavy atom. The zero-order chi connectivity index (χ0) is 17.7. The van der Waals surface area contributed by atoms with Crippen molar-refractivity contribution in [2.45, 2.75) is 20.0 Å². The molecule has 0 spiro atoms. The van der Waals surface area contributed by atoms with E-state index in [0.717, 1.165) is 0 Å². The van der Waals surface area contributed by atoms with Crippen molar-refractivity contribution in [1.82, 2.24) is 0 Å². The molecule has 0 aliphatic rings. The van der Waals surface area contributed by atoms with E-state index in [1.165, 1.54) is 38.1 Å². The molecule has 0 bridgehead atoms. The molecular formula is C17H16N2O5. The summed E-state index contributed by atoms with van der Waals surface area (Å²) in [6.45, 7) is 2.95. The maximum Gasteiger partial charge on any atom is 0.292 e. The van der Waals surface area contributed by atoms with Crippen molar-refractivity contribution >= 4 is 23.1 Å². The molecule has 0 saturated heterocycles. The van der Waals surface area contributed by atoms with Crippen molar-refractivity contribution in [2.75, 3.05) is 5.32 Å². The first kappa shape index (κ1) is 17.1. The van der Waals surface area contributed by atoms with Gasteiger partial charge in [0.25, 0.3) is 11.6 Å². The van der Waals surface area contributed by atoms with E-state index in [0.29, 0.717) is 11.3 Å². The molecule has 0 saturated carbocycles. The molecule has 7 nitrogen and oxygen atoms in total. The van der Waals surface area contributed by atoms with Crippen molar-refractivity contribution in [3.8, 4) is 5.75 Å². The molecule has 0 unspecified atom stereocenters. The Balaban J connectivity index is 2.09. The molecule has 124 valence electrons. The Bertz CT molecular complexity index is 788. The van der Waals surface area contributed by atoms with Gasteiger partial charge in [-0.2, -0.15) is 0 Å². The van der Waals surface area contributed by atoms with E-state index in [1.54, 1.807) is 24.3 Å². The van der Waals surface area contributed by atoms with E-state index < -0.39 is 16.9 Å². The lowest BCUT2D eigenvalue weighted by Crippen LogP contribution is -2.30. The predicted octanol–water partition coefficient (Wildman–Crippen LogP) is 3.20. The molecule has 2 rings (SSSR count). The largest absolute Gasteiger partial charge is 0.481 e. The molecule has 0 heterocycles. The lowest BCUT2D eigenvalue weighted by Gasteiger charge is -2.15. The minimum absolute atomic E-state index is 0.0976. The minimum atomic E-state index is -0.896. The summed E-state index contributed by atoms with van der Waals surface area (Å²) in [5.41, 5.74) is 0.371. The van der Waals surface area contributed by atoms with Crippen LogP contribution in [0.5, 0.6) is 5.75 Å². The number of nitrogens with zero attached hydrogens (tertiary/aromatic N) is 1. The van der Waals surface area contributed by atoms with Crippen molar-refractivity contribution in [3.63, 3.8) is 0 Å². The van der Waals surface area contributed by atoms with Crippen molar-refractivity contribution in [3.05, 3.63) is 64.2 Å². The number of anilines is 1. The number of rotatable bonds is 6. The predicted molar refractivity (Wildman–Crippen MR) is 88.3 cm³/mol. The highest BCUT2D eigenvalue weighted by Crippen LogP contribution is 2.23. The lowest BCUT2D eigenvalue weighted by molar-refractivity contribution is -0.383. The summed E-state index contributed by atoms with van der Waals surface area (Å²) in [5.74, 6) is -0.275. The second kappa shape index (κ2) is 7.36. The van der Waals surface area contributed by atoms with Gasteiger partial charge in [0.15, 0.2) is 11.9 Å². The van der Waals surface area contributed by atoms with E-state index >= 15 is 0 Å². The third-order valence-electron chi connectivity index (χ3n) is 3.28. The smallest absolute Gasteiger partial charge is 0.292 e. The van der Waals surface area contributed by atoms with Gasteiger partial charge in [-0.3, -0.25) is 19.7 Å². The van der Waals surface area contributed by atoms with Crippen molar-refractivity contribution in [1.29, 1.82) is 0 Å². The van der Waals surface area contributed by atoms with Gasteiger partial charge in [0.2, 0.25) is 0 Å². The van der Waals surface area contributed by atoms with Gasteiger partial charge in [-0.05, 0) is 32.0 Å². The molecule has 0 radical (unpaired) electrons. The van der Waals surface area contributed by atoms with E-state index in [9.17, 15) is 19.7 Å². The van der Waals surface area contributed by atoms with Crippen LogP contribution < -0.4 is 10.1 Å². The van der Waals surface area contributed by atoms with Gasteiger partial charge in [0.05, 0.1) is 4.92 Å². The average Bonchev–Trinajstić information content (AvgIpc) is 2.55. The molecule has 1 N–H and O–H groups in total. The highest BCUT2D eigenvalue weighted by Gasteiger charge is 2.20. The Morgan fingerprint density at radius 1 is 1.17 bits per heavy atom. The molecule has 2 aromatic carbocycles. The number of nitrogens with one attached hydrogen (secondary N) is 1. The first-order chi connectivity index (χ1) is 11.4. The van der Waals surface area contributed by atoms with Gasteiger partial charge in [0, 0.05) is 11.6 Å². The number of para-hydroxylation sites is 2. The fourth-order valence-electron chi connectivity index (χ4n) is 2.02. The van der Waals surface area contributed by atoms with Gasteiger partial charge in [-0.25, -0.2) is 0 Å². The minimum Gasteiger partial charge on any atom is -0.481 e. The molecule has 7 heteroatoms.